The Morgan fingerprint density at radius 3 is 2.88 bits per heavy atom. The van der Waals surface area contributed by atoms with Crippen molar-refractivity contribution in [1.82, 2.24) is 10.2 Å². The smallest absolute Gasteiger partial charge is 0.0386 e. The fourth-order valence-electron chi connectivity index (χ4n) is 2.12. The van der Waals surface area contributed by atoms with Crippen molar-refractivity contribution in [3.05, 3.63) is 20.8 Å². The van der Waals surface area contributed by atoms with E-state index in [0.29, 0.717) is 6.04 Å². The first-order chi connectivity index (χ1) is 8.20. The Balaban J connectivity index is 1.70. The van der Waals surface area contributed by atoms with Crippen molar-refractivity contribution < 1.29 is 0 Å². The minimum absolute atomic E-state index is 0.462. The maximum Gasteiger partial charge on any atom is 0.0386 e. The topological polar surface area (TPSA) is 15.3 Å². The molecule has 1 fully saturated rings. The molecule has 1 aliphatic rings. The summed E-state index contributed by atoms with van der Waals surface area (Å²) in [5.74, 6) is 0. The first kappa shape index (κ1) is 13.5. The van der Waals surface area contributed by atoms with E-state index in [4.69, 9.17) is 0 Å². The fraction of sp³-hybridized carbons (Fsp3) is 0.692. The minimum Gasteiger partial charge on any atom is -0.308 e. The van der Waals surface area contributed by atoms with Gasteiger partial charge in [0.25, 0.3) is 0 Å². The molecular formula is C13H21BrN2S. The quantitative estimate of drug-likeness (QED) is 0.826. The third-order valence-electron chi connectivity index (χ3n) is 3.33. The van der Waals surface area contributed by atoms with Crippen LogP contribution in [0.4, 0.5) is 0 Å². The molecule has 1 aromatic heterocycles. The van der Waals surface area contributed by atoms with Crippen LogP contribution in [0.5, 0.6) is 0 Å². The van der Waals surface area contributed by atoms with Gasteiger partial charge in [0.2, 0.25) is 0 Å². The van der Waals surface area contributed by atoms with Gasteiger partial charge in [-0.05, 0) is 48.3 Å². The Morgan fingerprint density at radius 1 is 1.59 bits per heavy atom. The summed E-state index contributed by atoms with van der Waals surface area (Å²) < 4.78 is 1.19. The molecule has 0 amide bonds. The van der Waals surface area contributed by atoms with E-state index in [9.17, 15) is 0 Å². The van der Waals surface area contributed by atoms with E-state index in [0.717, 1.165) is 12.6 Å². The zero-order valence-electron chi connectivity index (χ0n) is 10.6. The van der Waals surface area contributed by atoms with Crippen molar-refractivity contribution in [2.45, 2.75) is 38.8 Å². The van der Waals surface area contributed by atoms with Crippen molar-refractivity contribution in [2.24, 2.45) is 0 Å². The highest BCUT2D eigenvalue weighted by Crippen LogP contribution is 2.27. The molecule has 0 spiro atoms. The van der Waals surface area contributed by atoms with Crippen molar-refractivity contribution in [3.8, 4) is 0 Å². The summed E-state index contributed by atoms with van der Waals surface area (Å²) in [5.41, 5.74) is 0. The third-order valence-corrected chi connectivity index (χ3v) is 5.21. The number of thiophene rings is 1. The number of nitrogens with zero attached hydrogens (tertiary/aromatic N) is 1. The van der Waals surface area contributed by atoms with Crippen LogP contribution in [0, 0.1) is 0 Å². The normalized spacial score (nSPS) is 17.6. The molecule has 0 aliphatic heterocycles. The lowest BCUT2D eigenvalue weighted by Gasteiger charge is -2.21. The van der Waals surface area contributed by atoms with Crippen LogP contribution in [0.25, 0.3) is 0 Å². The van der Waals surface area contributed by atoms with Crippen LogP contribution in [0.1, 0.15) is 37.6 Å². The average Bonchev–Trinajstić information content (AvgIpc) is 3.06. The molecule has 4 heteroatoms. The molecule has 1 N–H and O–H groups in total. The first-order valence-corrected chi connectivity index (χ1v) is 8.09. The van der Waals surface area contributed by atoms with E-state index in [1.54, 1.807) is 0 Å². The maximum atomic E-state index is 3.61. The number of halogens is 1. The molecule has 0 radical (unpaired) electrons. The van der Waals surface area contributed by atoms with E-state index in [-0.39, 0.29) is 0 Å². The van der Waals surface area contributed by atoms with Gasteiger partial charge in [-0.2, -0.15) is 0 Å². The Kier molecular flexibility index (Phi) is 5.03. The molecule has 0 bridgehead atoms. The van der Waals surface area contributed by atoms with E-state index >= 15 is 0 Å². The van der Waals surface area contributed by atoms with Gasteiger partial charge >= 0.3 is 0 Å². The zero-order chi connectivity index (χ0) is 12.3. The highest BCUT2D eigenvalue weighted by molar-refractivity contribution is 9.10. The summed E-state index contributed by atoms with van der Waals surface area (Å²) in [6.07, 6.45) is 2.81. The second kappa shape index (κ2) is 6.32. The van der Waals surface area contributed by atoms with Gasteiger partial charge in [-0.25, -0.2) is 0 Å². The molecule has 2 nitrogen and oxygen atoms in total. The molecule has 1 aromatic rings. The summed E-state index contributed by atoms with van der Waals surface area (Å²) in [5, 5.41) is 5.76. The van der Waals surface area contributed by atoms with E-state index in [1.807, 2.05) is 11.3 Å². The van der Waals surface area contributed by atoms with Crippen LogP contribution in [0.3, 0.4) is 0 Å². The standard InChI is InChI=1S/C13H21BrN2S/c1-3-16(12-4-5-12)7-6-15-10(2)13-8-11(14)9-17-13/h8-10,12,15H,3-7H2,1-2H3. The number of rotatable bonds is 7. The van der Waals surface area contributed by atoms with Gasteiger partial charge in [-0.15, -0.1) is 11.3 Å². The van der Waals surface area contributed by atoms with Crippen molar-refractivity contribution in [1.29, 1.82) is 0 Å². The van der Waals surface area contributed by atoms with Gasteiger partial charge in [0.1, 0.15) is 0 Å². The first-order valence-electron chi connectivity index (χ1n) is 6.42. The minimum atomic E-state index is 0.462. The van der Waals surface area contributed by atoms with Crippen molar-refractivity contribution in [2.75, 3.05) is 19.6 Å². The largest absolute Gasteiger partial charge is 0.308 e. The Hall–Kier alpha value is 0.1000. The molecule has 1 saturated carbocycles. The Morgan fingerprint density at radius 2 is 2.35 bits per heavy atom. The van der Waals surface area contributed by atoms with E-state index < -0.39 is 0 Å². The Labute approximate surface area is 117 Å². The predicted molar refractivity (Wildman–Crippen MR) is 78.7 cm³/mol. The molecule has 1 heterocycles. The van der Waals surface area contributed by atoms with Crippen molar-refractivity contribution >= 4 is 27.3 Å². The van der Waals surface area contributed by atoms with Crippen LogP contribution in [-0.4, -0.2) is 30.6 Å². The van der Waals surface area contributed by atoms with E-state index in [2.05, 4.69) is 51.4 Å². The summed E-state index contributed by atoms with van der Waals surface area (Å²) in [7, 11) is 0. The maximum absolute atomic E-state index is 3.61. The van der Waals surface area contributed by atoms with Gasteiger partial charge in [0.15, 0.2) is 0 Å². The lowest BCUT2D eigenvalue weighted by atomic mass is 10.3. The van der Waals surface area contributed by atoms with Gasteiger partial charge < -0.3 is 5.32 Å². The van der Waals surface area contributed by atoms with Crippen LogP contribution < -0.4 is 5.32 Å². The SMILES string of the molecule is CCN(CCNC(C)c1cc(Br)cs1)C1CC1. The summed E-state index contributed by atoms with van der Waals surface area (Å²) in [6.45, 7) is 7.95. The van der Waals surface area contributed by atoms with Gasteiger partial charge in [-0.3, -0.25) is 4.90 Å². The van der Waals surface area contributed by atoms with Crippen LogP contribution in [-0.2, 0) is 0 Å². The number of hydrogen-bond acceptors (Lipinski definition) is 3. The molecular weight excluding hydrogens is 296 g/mol. The van der Waals surface area contributed by atoms with E-state index in [1.165, 1.54) is 35.3 Å². The molecule has 1 aliphatic carbocycles. The van der Waals surface area contributed by atoms with Gasteiger partial charge in [-0.1, -0.05) is 6.92 Å². The van der Waals surface area contributed by atoms with Gasteiger partial charge in [0, 0.05) is 39.9 Å². The number of nitrogens with one attached hydrogen (secondary N) is 1. The second-order valence-electron chi connectivity index (χ2n) is 4.70. The summed E-state index contributed by atoms with van der Waals surface area (Å²) in [6, 6.07) is 3.55. The molecule has 2 rings (SSSR count). The lowest BCUT2D eigenvalue weighted by molar-refractivity contribution is 0.273. The highest BCUT2D eigenvalue weighted by Gasteiger charge is 2.27. The Bertz CT molecular complexity index is 349. The lowest BCUT2D eigenvalue weighted by Crippen LogP contribution is -2.34. The van der Waals surface area contributed by atoms with Crippen LogP contribution in [0.15, 0.2) is 15.9 Å². The molecule has 0 saturated heterocycles. The monoisotopic (exact) mass is 316 g/mol. The molecule has 1 unspecified atom stereocenters. The fourth-order valence-corrected chi connectivity index (χ4v) is 3.60. The van der Waals surface area contributed by atoms with Crippen LogP contribution >= 0.6 is 27.3 Å². The molecule has 17 heavy (non-hydrogen) atoms. The molecule has 0 aromatic carbocycles. The third kappa shape index (κ3) is 4.05. The summed E-state index contributed by atoms with van der Waals surface area (Å²) >= 11 is 5.32. The predicted octanol–water partition coefficient (Wildman–Crippen LogP) is 3.65. The number of hydrogen-bond donors (Lipinski definition) is 1. The average molecular weight is 317 g/mol. The van der Waals surface area contributed by atoms with Crippen molar-refractivity contribution in [3.63, 3.8) is 0 Å². The molecule has 96 valence electrons. The van der Waals surface area contributed by atoms with Crippen LogP contribution in [0.2, 0.25) is 0 Å². The summed E-state index contributed by atoms with van der Waals surface area (Å²) in [4.78, 5) is 4.00. The highest BCUT2D eigenvalue weighted by atomic mass is 79.9. The zero-order valence-corrected chi connectivity index (χ0v) is 13.0. The number of likely N-dealkylation sites (N-methyl/N-ethyl adjacent to an activating group) is 1. The van der Waals surface area contributed by atoms with Gasteiger partial charge in [0.05, 0.1) is 0 Å². The molecule has 1 atom stereocenters. The second-order valence-corrected chi connectivity index (χ2v) is 6.56.